The molecule has 1 aromatic rings. The minimum atomic E-state index is -3.50. The number of nitrogens with two attached hydrogens (primary N) is 1. The van der Waals surface area contributed by atoms with E-state index in [0.717, 1.165) is 31.4 Å². The van der Waals surface area contributed by atoms with Crippen molar-refractivity contribution in [1.29, 1.82) is 0 Å². The molecule has 21 heavy (non-hydrogen) atoms. The van der Waals surface area contributed by atoms with Crippen molar-refractivity contribution in [1.82, 2.24) is 4.72 Å². The average Bonchev–Trinajstić information content (AvgIpc) is 2.84. The number of nitrogen functional groups attached to an aromatic ring is 1. The van der Waals surface area contributed by atoms with Crippen LogP contribution in [0.2, 0.25) is 0 Å². The summed E-state index contributed by atoms with van der Waals surface area (Å²) in [4.78, 5) is 2.02. The molecule has 0 bridgehead atoms. The summed E-state index contributed by atoms with van der Waals surface area (Å²) in [5, 5.41) is 10.4. The van der Waals surface area contributed by atoms with Crippen LogP contribution in [-0.2, 0) is 10.0 Å². The van der Waals surface area contributed by atoms with Gasteiger partial charge in [-0.05, 0) is 38.1 Å². The first kappa shape index (κ1) is 16.1. The summed E-state index contributed by atoms with van der Waals surface area (Å²) < 4.78 is 25.7. The van der Waals surface area contributed by atoms with E-state index in [1.54, 1.807) is 6.07 Å². The normalized spacial score (nSPS) is 17.9. The van der Waals surface area contributed by atoms with E-state index in [0.29, 0.717) is 12.2 Å². The lowest BCUT2D eigenvalue weighted by atomic mass is 10.0. The zero-order valence-corrected chi connectivity index (χ0v) is 13.3. The lowest BCUT2D eigenvalue weighted by Gasteiger charge is -2.30. The van der Waals surface area contributed by atoms with Gasteiger partial charge < -0.3 is 15.7 Å². The first-order chi connectivity index (χ1) is 9.77. The zero-order valence-electron chi connectivity index (χ0n) is 12.5. The highest BCUT2D eigenvalue weighted by Crippen LogP contribution is 2.33. The maximum atomic E-state index is 11.7. The van der Waals surface area contributed by atoms with Crippen molar-refractivity contribution in [3.8, 4) is 0 Å². The monoisotopic (exact) mass is 313 g/mol. The van der Waals surface area contributed by atoms with Crippen LogP contribution in [0.15, 0.2) is 23.1 Å². The fourth-order valence-electron chi connectivity index (χ4n) is 2.88. The van der Waals surface area contributed by atoms with Gasteiger partial charge in [-0.3, -0.25) is 0 Å². The van der Waals surface area contributed by atoms with Crippen LogP contribution >= 0.6 is 0 Å². The van der Waals surface area contributed by atoms with E-state index < -0.39 is 15.6 Å². The summed E-state index contributed by atoms with van der Waals surface area (Å²) in [7, 11) is -0.278. The molecule has 4 N–H and O–H groups in total. The Morgan fingerprint density at radius 1 is 1.38 bits per heavy atom. The second kappa shape index (κ2) is 5.82. The molecule has 0 unspecified atom stereocenters. The molecule has 0 spiro atoms. The van der Waals surface area contributed by atoms with Gasteiger partial charge in [0.2, 0.25) is 10.0 Å². The third kappa shape index (κ3) is 3.48. The van der Waals surface area contributed by atoms with Gasteiger partial charge in [-0.1, -0.05) is 12.8 Å². The van der Waals surface area contributed by atoms with Crippen molar-refractivity contribution in [3.63, 3.8) is 0 Å². The average molecular weight is 313 g/mol. The van der Waals surface area contributed by atoms with Crippen LogP contribution in [0.4, 0.5) is 11.4 Å². The third-order valence-electron chi connectivity index (χ3n) is 4.06. The van der Waals surface area contributed by atoms with E-state index in [9.17, 15) is 13.5 Å². The summed E-state index contributed by atoms with van der Waals surface area (Å²) >= 11 is 0. The topological polar surface area (TPSA) is 95.7 Å². The Balaban J connectivity index is 2.21. The van der Waals surface area contributed by atoms with Gasteiger partial charge in [0, 0.05) is 13.6 Å². The molecule has 7 heteroatoms. The second-order valence-corrected chi connectivity index (χ2v) is 7.60. The van der Waals surface area contributed by atoms with E-state index in [1.807, 2.05) is 11.9 Å². The number of aliphatic hydroxyl groups is 1. The van der Waals surface area contributed by atoms with Gasteiger partial charge in [-0.2, -0.15) is 0 Å². The van der Waals surface area contributed by atoms with Crippen LogP contribution in [0.1, 0.15) is 25.7 Å². The summed E-state index contributed by atoms with van der Waals surface area (Å²) in [5.74, 6) is 0. The Kier molecular flexibility index (Phi) is 4.46. The smallest absolute Gasteiger partial charge is 0.240 e. The van der Waals surface area contributed by atoms with E-state index >= 15 is 0 Å². The minimum Gasteiger partial charge on any atom is -0.397 e. The molecule has 1 fully saturated rings. The molecule has 0 atom stereocenters. The molecule has 1 aliphatic rings. The minimum absolute atomic E-state index is 0.138. The Bertz CT molecular complexity index is 610. The molecule has 2 rings (SSSR count). The summed E-state index contributed by atoms with van der Waals surface area (Å²) in [6, 6.07) is 4.64. The van der Waals surface area contributed by atoms with E-state index in [4.69, 9.17) is 5.73 Å². The number of sulfonamides is 1. The number of anilines is 2. The van der Waals surface area contributed by atoms with Crippen LogP contribution in [0.3, 0.4) is 0 Å². The Hall–Kier alpha value is -1.31. The van der Waals surface area contributed by atoms with Gasteiger partial charge in [-0.15, -0.1) is 0 Å². The highest BCUT2D eigenvalue weighted by atomic mass is 32.2. The number of benzene rings is 1. The SMILES string of the molecule is CNS(=O)(=O)c1ccc(N(C)CC2(O)CCCC2)c(N)c1. The molecule has 0 heterocycles. The van der Waals surface area contributed by atoms with Crippen molar-refractivity contribution in [2.75, 3.05) is 31.3 Å². The van der Waals surface area contributed by atoms with Crippen LogP contribution in [0, 0.1) is 0 Å². The molecule has 0 amide bonds. The van der Waals surface area contributed by atoms with Gasteiger partial charge in [0.15, 0.2) is 0 Å². The van der Waals surface area contributed by atoms with E-state index in [2.05, 4.69) is 4.72 Å². The summed E-state index contributed by atoms with van der Waals surface area (Å²) in [6.45, 7) is 0.495. The lowest BCUT2D eigenvalue weighted by Crippen LogP contribution is -2.39. The standard InChI is InChI=1S/C14H23N3O3S/c1-16-21(19,20)11-5-6-13(12(15)9-11)17(2)10-14(18)7-3-4-8-14/h5-6,9,16,18H,3-4,7-8,10,15H2,1-2H3. The number of likely N-dealkylation sites (N-methyl/N-ethyl adjacent to an activating group) is 1. The highest BCUT2D eigenvalue weighted by molar-refractivity contribution is 7.89. The van der Waals surface area contributed by atoms with Crippen molar-refractivity contribution >= 4 is 21.4 Å². The van der Waals surface area contributed by atoms with Gasteiger partial charge in [0.05, 0.1) is 21.9 Å². The number of hydrogen-bond donors (Lipinski definition) is 3. The molecule has 0 saturated heterocycles. The molecule has 6 nitrogen and oxygen atoms in total. The van der Waals surface area contributed by atoms with Crippen molar-refractivity contribution in [3.05, 3.63) is 18.2 Å². The lowest BCUT2D eigenvalue weighted by molar-refractivity contribution is 0.0559. The number of rotatable bonds is 5. The third-order valence-corrected chi connectivity index (χ3v) is 5.47. The van der Waals surface area contributed by atoms with Crippen LogP contribution in [-0.4, -0.2) is 39.8 Å². The summed E-state index contributed by atoms with van der Waals surface area (Å²) in [5.41, 5.74) is 6.42. The molecule has 0 aromatic heterocycles. The van der Waals surface area contributed by atoms with Gasteiger partial charge >= 0.3 is 0 Å². The van der Waals surface area contributed by atoms with Crippen molar-refractivity contribution in [2.24, 2.45) is 0 Å². The van der Waals surface area contributed by atoms with Crippen molar-refractivity contribution in [2.45, 2.75) is 36.2 Å². The fraction of sp³-hybridized carbons (Fsp3) is 0.571. The number of nitrogens with zero attached hydrogens (tertiary/aromatic N) is 1. The maximum absolute atomic E-state index is 11.7. The van der Waals surface area contributed by atoms with Crippen LogP contribution in [0.25, 0.3) is 0 Å². The fourth-order valence-corrected chi connectivity index (χ4v) is 3.65. The highest BCUT2D eigenvalue weighted by Gasteiger charge is 2.32. The molecule has 0 radical (unpaired) electrons. The molecular weight excluding hydrogens is 290 g/mol. The maximum Gasteiger partial charge on any atom is 0.240 e. The predicted octanol–water partition coefficient (Wildman–Crippen LogP) is 0.918. The molecule has 1 saturated carbocycles. The molecule has 1 aromatic carbocycles. The first-order valence-electron chi connectivity index (χ1n) is 7.04. The Labute approximate surface area is 126 Å². The van der Waals surface area contributed by atoms with Gasteiger partial charge in [0.1, 0.15) is 0 Å². The van der Waals surface area contributed by atoms with Crippen LogP contribution in [0.5, 0.6) is 0 Å². The molecule has 0 aliphatic heterocycles. The molecular formula is C14H23N3O3S. The quantitative estimate of drug-likeness (QED) is 0.703. The van der Waals surface area contributed by atoms with E-state index in [1.165, 1.54) is 19.2 Å². The van der Waals surface area contributed by atoms with Crippen LogP contribution < -0.4 is 15.4 Å². The number of nitrogens with one attached hydrogen (secondary N) is 1. The Morgan fingerprint density at radius 2 is 2.00 bits per heavy atom. The molecule has 1 aliphatic carbocycles. The van der Waals surface area contributed by atoms with Gasteiger partial charge in [0.25, 0.3) is 0 Å². The van der Waals surface area contributed by atoms with Crippen molar-refractivity contribution < 1.29 is 13.5 Å². The molecule has 118 valence electrons. The largest absolute Gasteiger partial charge is 0.397 e. The second-order valence-electron chi connectivity index (χ2n) is 5.72. The zero-order chi connectivity index (χ0) is 15.7. The first-order valence-corrected chi connectivity index (χ1v) is 8.52. The Morgan fingerprint density at radius 3 is 2.52 bits per heavy atom. The summed E-state index contributed by atoms with van der Waals surface area (Å²) in [6.07, 6.45) is 3.67. The number of hydrogen-bond acceptors (Lipinski definition) is 5. The predicted molar refractivity (Wildman–Crippen MR) is 83.8 cm³/mol. The van der Waals surface area contributed by atoms with E-state index in [-0.39, 0.29) is 4.90 Å². The van der Waals surface area contributed by atoms with Gasteiger partial charge in [-0.25, -0.2) is 13.1 Å².